The molecule has 4 nitrogen and oxygen atoms in total. The van der Waals surface area contributed by atoms with Gasteiger partial charge in [0.05, 0.1) is 12.2 Å². The fourth-order valence-electron chi connectivity index (χ4n) is 2.87. The maximum absolute atomic E-state index is 11.8. The van der Waals surface area contributed by atoms with Crippen molar-refractivity contribution < 1.29 is 4.79 Å². The zero-order valence-corrected chi connectivity index (χ0v) is 13.5. The lowest BCUT2D eigenvalue weighted by Crippen LogP contribution is -2.18. The Morgan fingerprint density at radius 1 is 1.27 bits per heavy atom. The normalized spacial score (nSPS) is 14.5. The SMILES string of the molecule is CCC(=O)Cn1nc(-c2ccc(Cl)cc2)c2c1CCNCC2. The van der Waals surface area contributed by atoms with Crippen LogP contribution in [0, 0.1) is 0 Å². The monoisotopic (exact) mass is 317 g/mol. The number of hydrogen-bond donors (Lipinski definition) is 1. The highest BCUT2D eigenvalue weighted by molar-refractivity contribution is 6.30. The summed E-state index contributed by atoms with van der Waals surface area (Å²) in [5.41, 5.74) is 4.50. The molecule has 1 aliphatic rings. The van der Waals surface area contributed by atoms with E-state index in [1.807, 2.05) is 35.9 Å². The van der Waals surface area contributed by atoms with Gasteiger partial charge >= 0.3 is 0 Å². The van der Waals surface area contributed by atoms with E-state index >= 15 is 0 Å². The molecule has 0 radical (unpaired) electrons. The van der Waals surface area contributed by atoms with Gasteiger partial charge in [-0.05, 0) is 25.1 Å². The van der Waals surface area contributed by atoms with Crippen LogP contribution in [-0.2, 0) is 24.2 Å². The van der Waals surface area contributed by atoms with Crippen molar-refractivity contribution in [3.05, 3.63) is 40.5 Å². The fraction of sp³-hybridized carbons (Fsp3) is 0.412. The number of fused-ring (bicyclic) bond motifs is 1. The van der Waals surface area contributed by atoms with Crippen LogP contribution in [0.4, 0.5) is 0 Å². The summed E-state index contributed by atoms with van der Waals surface area (Å²) in [4.78, 5) is 11.8. The van der Waals surface area contributed by atoms with Gasteiger partial charge in [-0.15, -0.1) is 0 Å². The first-order chi connectivity index (χ1) is 10.7. The van der Waals surface area contributed by atoms with Gasteiger partial charge in [0, 0.05) is 41.2 Å². The van der Waals surface area contributed by atoms with Crippen LogP contribution in [0.2, 0.25) is 5.02 Å². The number of hydrogen-bond acceptors (Lipinski definition) is 3. The third kappa shape index (κ3) is 3.08. The molecule has 22 heavy (non-hydrogen) atoms. The lowest BCUT2D eigenvalue weighted by molar-refractivity contribution is -0.119. The van der Waals surface area contributed by atoms with Gasteiger partial charge < -0.3 is 5.32 Å². The molecule has 1 aliphatic heterocycles. The van der Waals surface area contributed by atoms with Crippen molar-refractivity contribution in [1.29, 1.82) is 0 Å². The topological polar surface area (TPSA) is 46.9 Å². The van der Waals surface area contributed by atoms with Crippen LogP contribution in [0.25, 0.3) is 11.3 Å². The Kier molecular flexibility index (Phi) is 4.60. The largest absolute Gasteiger partial charge is 0.316 e. The summed E-state index contributed by atoms with van der Waals surface area (Å²) in [7, 11) is 0. The van der Waals surface area contributed by atoms with Crippen molar-refractivity contribution in [2.24, 2.45) is 0 Å². The van der Waals surface area contributed by atoms with Crippen LogP contribution < -0.4 is 5.32 Å². The van der Waals surface area contributed by atoms with E-state index in [1.54, 1.807) is 0 Å². The quantitative estimate of drug-likeness (QED) is 0.943. The number of carbonyl (C=O) groups excluding carboxylic acids is 1. The molecule has 1 N–H and O–H groups in total. The summed E-state index contributed by atoms with van der Waals surface area (Å²) in [5, 5.41) is 8.88. The predicted octanol–water partition coefficient (Wildman–Crippen LogP) is 2.87. The molecule has 116 valence electrons. The summed E-state index contributed by atoms with van der Waals surface area (Å²) >= 11 is 5.98. The third-order valence-electron chi connectivity index (χ3n) is 4.09. The molecule has 5 heteroatoms. The van der Waals surface area contributed by atoms with E-state index in [0.29, 0.717) is 13.0 Å². The minimum absolute atomic E-state index is 0.213. The Hall–Kier alpha value is -1.65. The van der Waals surface area contributed by atoms with E-state index in [9.17, 15) is 4.79 Å². The molecule has 0 unspecified atom stereocenters. The molecule has 0 fully saturated rings. The van der Waals surface area contributed by atoms with E-state index < -0.39 is 0 Å². The molecule has 0 saturated carbocycles. The van der Waals surface area contributed by atoms with E-state index in [-0.39, 0.29) is 5.78 Å². The van der Waals surface area contributed by atoms with Gasteiger partial charge in [-0.1, -0.05) is 30.7 Å². The maximum Gasteiger partial charge on any atom is 0.154 e. The van der Waals surface area contributed by atoms with E-state index in [0.717, 1.165) is 42.2 Å². The number of carbonyl (C=O) groups is 1. The Morgan fingerprint density at radius 3 is 2.73 bits per heavy atom. The van der Waals surface area contributed by atoms with Gasteiger partial charge in [-0.25, -0.2) is 0 Å². The van der Waals surface area contributed by atoms with Crippen molar-refractivity contribution in [3.63, 3.8) is 0 Å². The highest BCUT2D eigenvalue weighted by Crippen LogP contribution is 2.28. The predicted molar refractivity (Wildman–Crippen MR) is 88.2 cm³/mol. The van der Waals surface area contributed by atoms with Crippen molar-refractivity contribution in [1.82, 2.24) is 15.1 Å². The highest BCUT2D eigenvalue weighted by Gasteiger charge is 2.21. The molecule has 0 aliphatic carbocycles. The molecule has 0 atom stereocenters. The van der Waals surface area contributed by atoms with E-state index in [1.165, 1.54) is 11.3 Å². The number of ketones is 1. The molecule has 2 heterocycles. The second-order valence-electron chi connectivity index (χ2n) is 5.58. The average molecular weight is 318 g/mol. The number of nitrogens with zero attached hydrogens (tertiary/aromatic N) is 2. The molecule has 1 aromatic heterocycles. The van der Waals surface area contributed by atoms with Crippen molar-refractivity contribution in [3.8, 4) is 11.3 Å². The second kappa shape index (κ2) is 6.63. The molecule has 2 aromatic rings. The summed E-state index contributed by atoms with van der Waals surface area (Å²) in [6.07, 6.45) is 2.39. The van der Waals surface area contributed by atoms with Crippen molar-refractivity contribution in [2.45, 2.75) is 32.7 Å². The van der Waals surface area contributed by atoms with Crippen LogP contribution in [0.15, 0.2) is 24.3 Å². The van der Waals surface area contributed by atoms with Gasteiger partial charge in [0.15, 0.2) is 5.78 Å². The molecule has 0 bridgehead atoms. The third-order valence-corrected chi connectivity index (χ3v) is 4.35. The number of rotatable bonds is 4. The Bertz CT molecular complexity index is 676. The van der Waals surface area contributed by atoms with Crippen LogP contribution in [-0.4, -0.2) is 28.7 Å². The molecular weight excluding hydrogens is 298 g/mol. The molecule has 0 spiro atoms. The smallest absolute Gasteiger partial charge is 0.154 e. The molecule has 0 saturated heterocycles. The Labute approximate surface area is 135 Å². The number of aromatic nitrogens is 2. The van der Waals surface area contributed by atoms with E-state index in [4.69, 9.17) is 16.7 Å². The highest BCUT2D eigenvalue weighted by atomic mass is 35.5. The van der Waals surface area contributed by atoms with Crippen LogP contribution in [0.3, 0.4) is 0 Å². The molecule has 3 rings (SSSR count). The summed E-state index contributed by atoms with van der Waals surface area (Å²) in [6.45, 7) is 4.14. The Balaban J connectivity index is 2.05. The van der Waals surface area contributed by atoms with Gasteiger partial charge in [-0.2, -0.15) is 5.10 Å². The van der Waals surface area contributed by atoms with E-state index in [2.05, 4.69) is 5.32 Å². The standard InChI is InChI=1S/C17H20ClN3O/c1-2-14(22)11-21-16-8-10-19-9-7-15(16)17(20-21)12-3-5-13(18)6-4-12/h3-6,19H,2,7-11H2,1H3. The minimum Gasteiger partial charge on any atom is -0.316 e. The second-order valence-corrected chi connectivity index (χ2v) is 6.02. The lowest BCUT2D eigenvalue weighted by Gasteiger charge is -2.05. The first-order valence-corrected chi connectivity index (χ1v) is 8.13. The van der Waals surface area contributed by atoms with Crippen LogP contribution in [0.1, 0.15) is 24.6 Å². The maximum atomic E-state index is 11.8. The average Bonchev–Trinajstić information content (AvgIpc) is 2.72. The van der Waals surface area contributed by atoms with Gasteiger partial charge in [0.1, 0.15) is 0 Å². The number of nitrogens with one attached hydrogen (secondary N) is 1. The molecule has 0 amide bonds. The van der Waals surface area contributed by atoms with Crippen molar-refractivity contribution >= 4 is 17.4 Å². The van der Waals surface area contributed by atoms with Gasteiger partial charge in [0.2, 0.25) is 0 Å². The zero-order valence-electron chi connectivity index (χ0n) is 12.7. The van der Waals surface area contributed by atoms with Gasteiger partial charge in [0.25, 0.3) is 0 Å². The van der Waals surface area contributed by atoms with Crippen molar-refractivity contribution in [2.75, 3.05) is 13.1 Å². The van der Waals surface area contributed by atoms with Gasteiger partial charge in [-0.3, -0.25) is 9.48 Å². The summed E-state index contributed by atoms with van der Waals surface area (Å²) in [6, 6.07) is 7.76. The number of Topliss-reactive ketones (excluding diaryl/α,β-unsaturated/α-hetero) is 1. The number of halogens is 1. The summed E-state index contributed by atoms with van der Waals surface area (Å²) < 4.78 is 1.90. The lowest BCUT2D eigenvalue weighted by atomic mass is 10.0. The number of benzene rings is 1. The fourth-order valence-corrected chi connectivity index (χ4v) is 3.00. The zero-order chi connectivity index (χ0) is 15.5. The molecule has 1 aromatic carbocycles. The first kappa shape index (κ1) is 15.3. The minimum atomic E-state index is 0.213. The Morgan fingerprint density at radius 2 is 2.00 bits per heavy atom. The summed E-state index contributed by atoms with van der Waals surface area (Å²) in [5.74, 6) is 0.213. The van der Waals surface area contributed by atoms with Crippen LogP contribution >= 0.6 is 11.6 Å². The molecular formula is C17H20ClN3O. The van der Waals surface area contributed by atoms with Crippen LogP contribution in [0.5, 0.6) is 0 Å². The first-order valence-electron chi connectivity index (χ1n) is 7.76.